The van der Waals surface area contributed by atoms with Gasteiger partial charge in [0.05, 0.1) is 16.3 Å². The van der Waals surface area contributed by atoms with Crippen molar-refractivity contribution in [2.45, 2.75) is 50.5 Å². The Morgan fingerprint density at radius 1 is 0.970 bits per heavy atom. The summed E-state index contributed by atoms with van der Waals surface area (Å²) in [5.41, 5.74) is 0.200. The summed E-state index contributed by atoms with van der Waals surface area (Å²) in [6.07, 6.45) is 3.75. The highest BCUT2D eigenvalue weighted by atomic mass is 32.2. The highest BCUT2D eigenvalue weighted by molar-refractivity contribution is 7.89. The number of nitrogens with zero attached hydrogens (tertiary/aromatic N) is 3. The quantitative estimate of drug-likeness (QED) is 0.614. The Hall–Kier alpha value is -3.04. The maximum atomic E-state index is 13.2. The van der Waals surface area contributed by atoms with Gasteiger partial charge in [-0.25, -0.2) is 13.1 Å². The topological polar surface area (TPSA) is 101 Å². The molecule has 0 saturated carbocycles. The van der Waals surface area contributed by atoms with Crippen LogP contribution in [0.4, 0.5) is 5.69 Å². The first kappa shape index (κ1) is 23.1. The average Bonchev–Trinajstić information content (AvgIpc) is 3.10. The van der Waals surface area contributed by atoms with Crippen molar-refractivity contribution < 1.29 is 13.2 Å². The molecule has 0 unspecified atom stereocenters. The lowest BCUT2D eigenvalue weighted by molar-refractivity contribution is 0.102. The van der Waals surface area contributed by atoms with Crippen molar-refractivity contribution in [1.82, 2.24) is 14.1 Å². The zero-order valence-corrected chi connectivity index (χ0v) is 19.6. The maximum Gasteiger partial charge on any atom is 0.276 e. The van der Waals surface area contributed by atoms with Crippen molar-refractivity contribution in [2.75, 3.05) is 18.4 Å². The minimum Gasteiger partial charge on any atom is -0.321 e. The monoisotopic (exact) mass is 468 g/mol. The van der Waals surface area contributed by atoms with Gasteiger partial charge in [0.2, 0.25) is 10.0 Å². The molecule has 1 N–H and O–H groups in total. The summed E-state index contributed by atoms with van der Waals surface area (Å²) in [7, 11) is -3.65. The van der Waals surface area contributed by atoms with Crippen LogP contribution in [0.3, 0.4) is 0 Å². The normalized spacial score (nSPS) is 15.5. The van der Waals surface area contributed by atoms with E-state index < -0.39 is 15.9 Å². The van der Waals surface area contributed by atoms with E-state index >= 15 is 0 Å². The number of amides is 1. The summed E-state index contributed by atoms with van der Waals surface area (Å²) in [4.78, 5) is 26.0. The van der Waals surface area contributed by atoms with Crippen molar-refractivity contribution in [3.63, 3.8) is 0 Å². The van der Waals surface area contributed by atoms with Crippen LogP contribution in [0.5, 0.6) is 0 Å². The van der Waals surface area contributed by atoms with Crippen LogP contribution in [0.25, 0.3) is 10.8 Å². The fraction of sp³-hybridized carbons (Fsp3) is 0.375. The Balaban J connectivity index is 1.67. The molecule has 2 aromatic carbocycles. The van der Waals surface area contributed by atoms with Gasteiger partial charge in [-0.1, -0.05) is 37.1 Å². The van der Waals surface area contributed by atoms with Gasteiger partial charge in [-0.2, -0.15) is 9.40 Å². The zero-order valence-electron chi connectivity index (χ0n) is 18.8. The molecular formula is C24H28N4O4S. The van der Waals surface area contributed by atoms with E-state index in [0.717, 1.165) is 25.7 Å². The van der Waals surface area contributed by atoms with E-state index in [1.54, 1.807) is 42.5 Å². The van der Waals surface area contributed by atoms with Gasteiger partial charge < -0.3 is 5.32 Å². The Morgan fingerprint density at radius 2 is 1.64 bits per heavy atom. The van der Waals surface area contributed by atoms with Crippen LogP contribution in [0.2, 0.25) is 0 Å². The molecule has 1 aliphatic rings. The number of rotatable bonds is 5. The van der Waals surface area contributed by atoms with Gasteiger partial charge in [0, 0.05) is 24.2 Å². The molecule has 33 heavy (non-hydrogen) atoms. The first-order valence-electron chi connectivity index (χ1n) is 11.2. The van der Waals surface area contributed by atoms with E-state index in [-0.39, 0.29) is 22.2 Å². The van der Waals surface area contributed by atoms with Gasteiger partial charge in [0.1, 0.15) is 0 Å². The Kier molecular flexibility index (Phi) is 6.62. The summed E-state index contributed by atoms with van der Waals surface area (Å²) < 4.78 is 29.1. The molecule has 0 spiro atoms. The van der Waals surface area contributed by atoms with Gasteiger partial charge >= 0.3 is 0 Å². The number of hydrogen-bond donors (Lipinski definition) is 1. The Bertz CT molecular complexity index is 1340. The number of carbonyl (C=O) groups is 1. The molecule has 4 rings (SSSR count). The minimum absolute atomic E-state index is 0.111. The largest absolute Gasteiger partial charge is 0.321 e. The molecule has 3 aromatic rings. The number of sulfonamides is 1. The van der Waals surface area contributed by atoms with E-state index in [2.05, 4.69) is 10.4 Å². The van der Waals surface area contributed by atoms with Crippen LogP contribution < -0.4 is 10.9 Å². The lowest BCUT2D eigenvalue weighted by Crippen LogP contribution is -2.32. The minimum atomic E-state index is -3.65. The van der Waals surface area contributed by atoms with Crippen LogP contribution in [0.1, 0.15) is 56.1 Å². The third kappa shape index (κ3) is 4.69. The summed E-state index contributed by atoms with van der Waals surface area (Å²) in [6, 6.07) is 12.9. The first-order valence-corrected chi connectivity index (χ1v) is 12.7. The number of hydrogen-bond acceptors (Lipinski definition) is 5. The Morgan fingerprint density at radius 3 is 2.30 bits per heavy atom. The van der Waals surface area contributed by atoms with Gasteiger partial charge in [-0.3, -0.25) is 9.59 Å². The van der Waals surface area contributed by atoms with E-state index in [1.807, 2.05) is 13.8 Å². The zero-order chi connectivity index (χ0) is 23.6. The van der Waals surface area contributed by atoms with Crippen molar-refractivity contribution in [3.8, 4) is 0 Å². The lowest BCUT2D eigenvalue weighted by Gasteiger charge is -2.20. The molecule has 0 bridgehead atoms. The van der Waals surface area contributed by atoms with Crippen molar-refractivity contribution >= 4 is 32.4 Å². The molecule has 1 saturated heterocycles. The molecule has 174 valence electrons. The molecular weight excluding hydrogens is 440 g/mol. The smallest absolute Gasteiger partial charge is 0.276 e. The maximum absolute atomic E-state index is 13.2. The van der Waals surface area contributed by atoms with Crippen LogP contribution in [-0.2, 0) is 10.0 Å². The number of benzene rings is 2. The fourth-order valence-electron chi connectivity index (χ4n) is 4.08. The van der Waals surface area contributed by atoms with Crippen LogP contribution in [-0.4, -0.2) is 41.5 Å². The van der Waals surface area contributed by atoms with E-state index in [1.165, 1.54) is 15.1 Å². The second-order valence-corrected chi connectivity index (χ2v) is 10.5. The van der Waals surface area contributed by atoms with Crippen molar-refractivity contribution in [3.05, 3.63) is 64.6 Å². The number of fused-ring (bicyclic) bond motifs is 1. The van der Waals surface area contributed by atoms with E-state index in [9.17, 15) is 18.0 Å². The van der Waals surface area contributed by atoms with Gasteiger partial charge in [0.25, 0.3) is 11.5 Å². The second-order valence-electron chi connectivity index (χ2n) is 8.54. The number of aromatic nitrogens is 2. The van der Waals surface area contributed by atoms with Crippen molar-refractivity contribution in [2.24, 2.45) is 0 Å². The molecule has 1 aliphatic heterocycles. The van der Waals surface area contributed by atoms with Crippen molar-refractivity contribution in [1.29, 1.82) is 0 Å². The molecule has 0 radical (unpaired) electrons. The molecule has 1 fully saturated rings. The van der Waals surface area contributed by atoms with Crippen LogP contribution in [0, 0.1) is 0 Å². The van der Waals surface area contributed by atoms with Crippen LogP contribution in [0.15, 0.2) is 58.2 Å². The standard InChI is InChI=1S/C24H28N4O4S/c1-17(2)28-24(30)21-13-6-5-12-20(21)22(26-28)23(29)25-18-10-9-11-19(16-18)33(31,32)27-14-7-3-4-8-15-27/h5-6,9-13,16-17H,3-4,7-8,14-15H2,1-2H3,(H,25,29). The second kappa shape index (κ2) is 9.44. The number of nitrogens with one attached hydrogen (secondary N) is 1. The van der Waals surface area contributed by atoms with Gasteiger partial charge in [0.15, 0.2) is 5.69 Å². The molecule has 2 heterocycles. The fourth-order valence-corrected chi connectivity index (χ4v) is 5.64. The predicted molar refractivity (Wildman–Crippen MR) is 128 cm³/mol. The first-order chi connectivity index (χ1) is 15.8. The molecule has 1 amide bonds. The summed E-state index contributed by atoms with van der Waals surface area (Å²) in [5, 5.41) is 7.94. The van der Waals surface area contributed by atoms with Gasteiger partial charge in [-0.05, 0) is 51.0 Å². The number of carbonyl (C=O) groups excluding carboxylic acids is 1. The SMILES string of the molecule is CC(C)n1nc(C(=O)Nc2cccc(S(=O)(=O)N3CCCCCC3)c2)c2ccccc2c1=O. The van der Waals surface area contributed by atoms with Gasteiger partial charge in [-0.15, -0.1) is 0 Å². The summed E-state index contributed by atoms with van der Waals surface area (Å²) >= 11 is 0. The average molecular weight is 469 g/mol. The molecule has 9 heteroatoms. The highest BCUT2D eigenvalue weighted by Crippen LogP contribution is 2.23. The third-order valence-corrected chi connectivity index (χ3v) is 7.72. The highest BCUT2D eigenvalue weighted by Gasteiger charge is 2.26. The predicted octanol–water partition coefficient (Wildman–Crippen LogP) is 3.79. The lowest BCUT2D eigenvalue weighted by atomic mass is 10.1. The van der Waals surface area contributed by atoms with E-state index in [0.29, 0.717) is 29.5 Å². The molecule has 0 atom stereocenters. The molecule has 8 nitrogen and oxygen atoms in total. The molecule has 0 aliphatic carbocycles. The molecule has 1 aromatic heterocycles. The van der Waals surface area contributed by atoms with Crippen LogP contribution >= 0.6 is 0 Å². The Labute approximate surface area is 193 Å². The summed E-state index contributed by atoms with van der Waals surface area (Å²) in [6.45, 7) is 4.65. The van der Waals surface area contributed by atoms with E-state index in [4.69, 9.17) is 0 Å². The third-order valence-electron chi connectivity index (χ3n) is 5.83. The summed E-state index contributed by atoms with van der Waals surface area (Å²) in [5.74, 6) is -0.509. The number of anilines is 1.